The van der Waals surface area contributed by atoms with Crippen LogP contribution in [0.5, 0.6) is 0 Å². The molecule has 110 valence electrons. The first-order valence-corrected chi connectivity index (χ1v) is 8.05. The molecule has 1 aliphatic carbocycles. The van der Waals surface area contributed by atoms with Gasteiger partial charge in [0.2, 0.25) is 11.1 Å². The molecule has 20 heavy (non-hydrogen) atoms. The molecule has 1 aromatic heterocycles. The number of halogens is 1. The van der Waals surface area contributed by atoms with Crippen LogP contribution in [0, 0.1) is 17.0 Å². The van der Waals surface area contributed by atoms with Crippen LogP contribution in [0.25, 0.3) is 0 Å². The van der Waals surface area contributed by atoms with Gasteiger partial charge in [-0.25, -0.2) is 4.98 Å². The van der Waals surface area contributed by atoms with Crippen LogP contribution in [-0.2, 0) is 0 Å². The number of anilines is 1. The molecule has 0 radical (unpaired) electrons. The van der Waals surface area contributed by atoms with Gasteiger partial charge in [0.25, 0.3) is 0 Å². The summed E-state index contributed by atoms with van der Waals surface area (Å²) in [6.07, 6.45) is 6.72. The molecule has 0 amide bonds. The van der Waals surface area contributed by atoms with Crippen LogP contribution < -0.4 is 5.32 Å². The lowest BCUT2D eigenvalue weighted by Crippen LogP contribution is -2.30. The third-order valence-corrected chi connectivity index (χ3v) is 5.33. The Morgan fingerprint density at radius 2 is 2.10 bits per heavy atom. The van der Waals surface area contributed by atoms with Crippen LogP contribution in [0.3, 0.4) is 0 Å². The maximum absolute atomic E-state index is 11.1. The van der Waals surface area contributed by atoms with Gasteiger partial charge in [-0.15, -0.1) is 0 Å². The van der Waals surface area contributed by atoms with Crippen molar-refractivity contribution in [3.63, 3.8) is 0 Å². The van der Waals surface area contributed by atoms with Crippen LogP contribution >= 0.6 is 23.4 Å². The molecule has 2 rings (SSSR count). The summed E-state index contributed by atoms with van der Waals surface area (Å²) in [6.45, 7) is 2.22. The summed E-state index contributed by atoms with van der Waals surface area (Å²) >= 11 is 7.61. The number of nitrogens with zero attached hydrogens (tertiary/aromatic N) is 3. The molecule has 0 aliphatic heterocycles. The number of nitro groups is 1. The van der Waals surface area contributed by atoms with Gasteiger partial charge in [-0.1, -0.05) is 12.8 Å². The van der Waals surface area contributed by atoms with Gasteiger partial charge in [0, 0.05) is 11.3 Å². The summed E-state index contributed by atoms with van der Waals surface area (Å²) in [6, 6.07) is 0. The van der Waals surface area contributed by atoms with Crippen molar-refractivity contribution in [2.45, 2.75) is 37.4 Å². The Balaban J connectivity index is 2.22. The summed E-state index contributed by atoms with van der Waals surface area (Å²) in [4.78, 5) is 18.5. The molecule has 1 N–H and O–H groups in total. The molecular formula is C12H17ClN4O2S. The number of hydrogen-bond acceptors (Lipinski definition) is 6. The monoisotopic (exact) mass is 316 g/mol. The molecule has 6 nitrogen and oxygen atoms in total. The predicted octanol–water partition coefficient (Wildman–Crippen LogP) is 3.43. The zero-order valence-electron chi connectivity index (χ0n) is 11.5. The molecule has 0 bridgehead atoms. The fourth-order valence-corrected chi connectivity index (χ4v) is 3.72. The highest BCUT2D eigenvalue weighted by Crippen LogP contribution is 2.40. The SMILES string of the molecule is CSC1(CNc2nc(Cl)nc(C)c2[N+](=O)[O-])CCCC1. The Labute approximate surface area is 126 Å². The topological polar surface area (TPSA) is 81.0 Å². The average Bonchev–Trinajstić information content (AvgIpc) is 2.84. The van der Waals surface area contributed by atoms with Crippen molar-refractivity contribution < 1.29 is 4.92 Å². The first-order valence-electron chi connectivity index (χ1n) is 6.45. The van der Waals surface area contributed by atoms with Crippen molar-refractivity contribution >= 4 is 34.9 Å². The summed E-state index contributed by atoms with van der Waals surface area (Å²) < 4.78 is 0.138. The zero-order valence-corrected chi connectivity index (χ0v) is 13.1. The third-order valence-electron chi connectivity index (χ3n) is 3.74. The van der Waals surface area contributed by atoms with E-state index in [9.17, 15) is 10.1 Å². The minimum atomic E-state index is -0.464. The normalized spacial score (nSPS) is 17.1. The van der Waals surface area contributed by atoms with Crippen LogP contribution in [0.15, 0.2) is 0 Å². The van der Waals surface area contributed by atoms with Crippen molar-refractivity contribution in [2.75, 3.05) is 18.1 Å². The molecule has 8 heteroatoms. The molecule has 1 heterocycles. The van der Waals surface area contributed by atoms with Gasteiger partial charge in [0.05, 0.1) is 4.92 Å². The van der Waals surface area contributed by atoms with Crippen molar-refractivity contribution in [3.8, 4) is 0 Å². The van der Waals surface area contributed by atoms with Crippen LogP contribution in [-0.4, -0.2) is 32.4 Å². The minimum absolute atomic E-state index is 0.0280. The Kier molecular flexibility index (Phi) is 4.70. The largest absolute Gasteiger partial charge is 0.363 e. The summed E-state index contributed by atoms with van der Waals surface area (Å²) in [7, 11) is 0. The molecule has 0 saturated heterocycles. The standard InChI is InChI=1S/C12H17ClN4O2S/c1-8-9(17(18)19)10(16-11(13)15-8)14-7-12(20-2)5-3-4-6-12/h3-7H2,1-2H3,(H,14,15,16). The van der Waals surface area contributed by atoms with Crippen molar-refractivity contribution in [1.29, 1.82) is 0 Å². The number of nitrogens with one attached hydrogen (secondary N) is 1. The summed E-state index contributed by atoms with van der Waals surface area (Å²) in [5, 5.41) is 14.3. The van der Waals surface area contributed by atoms with E-state index < -0.39 is 4.92 Å². The fraction of sp³-hybridized carbons (Fsp3) is 0.667. The van der Waals surface area contributed by atoms with Gasteiger partial charge in [-0.05, 0) is 37.6 Å². The van der Waals surface area contributed by atoms with E-state index in [1.165, 1.54) is 12.8 Å². The molecule has 1 aromatic rings. The Hall–Kier alpha value is -1.08. The number of hydrogen-bond donors (Lipinski definition) is 1. The maximum Gasteiger partial charge on any atom is 0.332 e. The van der Waals surface area contributed by atoms with Crippen LogP contribution in [0.2, 0.25) is 5.28 Å². The van der Waals surface area contributed by atoms with Gasteiger partial charge >= 0.3 is 5.69 Å². The molecule has 1 saturated carbocycles. The Morgan fingerprint density at radius 1 is 1.45 bits per heavy atom. The number of aromatic nitrogens is 2. The molecule has 0 unspecified atom stereocenters. The lowest BCUT2D eigenvalue weighted by molar-refractivity contribution is -0.385. The van der Waals surface area contributed by atoms with Gasteiger partial charge in [0.1, 0.15) is 5.69 Å². The highest BCUT2D eigenvalue weighted by Gasteiger charge is 2.34. The highest BCUT2D eigenvalue weighted by molar-refractivity contribution is 8.00. The zero-order chi connectivity index (χ0) is 14.8. The lowest BCUT2D eigenvalue weighted by atomic mass is 10.1. The van der Waals surface area contributed by atoms with Gasteiger partial charge in [0.15, 0.2) is 0 Å². The van der Waals surface area contributed by atoms with Gasteiger partial charge < -0.3 is 5.32 Å². The number of aryl methyl sites for hydroxylation is 1. The quantitative estimate of drug-likeness (QED) is 0.509. The molecule has 1 aliphatic rings. The highest BCUT2D eigenvalue weighted by atomic mass is 35.5. The van der Waals surface area contributed by atoms with E-state index in [1.54, 1.807) is 6.92 Å². The first kappa shape index (κ1) is 15.3. The molecule has 1 fully saturated rings. The minimum Gasteiger partial charge on any atom is -0.363 e. The van der Waals surface area contributed by atoms with Crippen molar-refractivity contribution in [3.05, 3.63) is 21.1 Å². The second-order valence-electron chi connectivity index (χ2n) is 4.98. The van der Waals surface area contributed by atoms with Gasteiger partial charge in [-0.3, -0.25) is 10.1 Å². The molecular weight excluding hydrogens is 300 g/mol. The van der Waals surface area contributed by atoms with Crippen molar-refractivity contribution in [1.82, 2.24) is 9.97 Å². The first-order chi connectivity index (χ1) is 9.47. The number of thioether (sulfide) groups is 1. The predicted molar refractivity (Wildman–Crippen MR) is 81.6 cm³/mol. The van der Waals surface area contributed by atoms with E-state index >= 15 is 0 Å². The second kappa shape index (κ2) is 6.13. The van der Waals surface area contributed by atoms with E-state index in [4.69, 9.17) is 11.6 Å². The third kappa shape index (κ3) is 3.15. The molecule has 0 spiro atoms. The molecule has 0 atom stereocenters. The van der Waals surface area contributed by atoms with E-state index in [-0.39, 0.29) is 27.2 Å². The lowest BCUT2D eigenvalue weighted by Gasteiger charge is -2.27. The number of rotatable bonds is 5. The Bertz CT molecular complexity index is 520. The van der Waals surface area contributed by atoms with Gasteiger partial charge in [-0.2, -0.15) is 16.7 Å². The van der Waals surface area contributed by atoms with E-state index in [1.807, 2.05) is 11.8 Å². The smallest absolute Gasteiger partial charge is 0.332 e. The van der Waals surface area contributed by atoms with E-state index in [2.05, 4.69) is 21.5 Å². The second-order valence-corrected chi connectivity index (χ2v) is 6.59. The maximum atomic E-state index is 11.1. The average molecular weight is 317 g/mol. The fourth-order valence-electron chi connectivity index (χ4n) is 2.59. The summed E-state index contributed by atoms with van der Waals surface area (Å²) in [5.41, 5.74) is 0.186. The van der Waals surface area contributed by atoms with E-state index in [0.29, 0.717) is 6.54 Å². The van der Waals surface area contributed by atoms with Crippen molar-refractivity contribution in [2.24, 2.45) is 0 Å². The Morgan fingerprint density at radius 3 is 2.65 bits per heavy atom. The summed E-state index contributed by atoms with van der Waals surface area (Å²) in [5.74, 6) is 0.216. The van der Waals surface area contributed by atoms with E-state index in [0.717, 1.165) is 12.8 Å². The van der Waals surface area contributed by atoms with Crippen LogP contribution in [0.4, 0.5) is 11.5 Å². The molecule has 0 aromatic carbocycles. The van der Waals surface area contributed by atoms with Crippen LogP contribution in [0.1, 0.15) is 31.4 Å².